The second kappa shape index (κ2) is 4.81. The Balaban J connectivity index is 2.35. The molecule has 108 valence electrons. The number of anilines is 1. The van der Waals surface area contributed by atoms with Crippen molar-refractivity contribution in [1.29, 1.82) is 0 Å². The highest BCUT2D eigenvalue weighted by Crippen LogP contribution is 2.35. The molecule has 0 spiro atoms. The van der Waals surface area contributed by atoms with Crippen LogP contribution in [0.3, 0.4) is 0 Å². The summed E-state index contributed by atoms with van der Waals surface area (Å²) in [4.78, 5) is 24.0. The van der Waals surface area contributed by atoms with E-state index in [-0.39, 0.29) is 24.2 Å². The summed E-state index contributed by atoms with van der Waals surface area (Å²) in [7, 11) is 0. The second-order valence-corrected chi connectivity index (χ2v) is 4.80. The number of nitrogens with zero attached hydrogens (tertiary/aromatic N) is 1. The summed E-state index contributed by atoms with van der Waals surface area (Å²) in [6, 6.07) is 3.67. The van der Waals surface area contributed by atoms with Crippen molar-refractivity contribution >= 4 is 17.5 Å². The normalized spacial score (nSPS) is 19.5. The van der Waals surface area contributed by atoms with Crippen LogP contribution in [0, 0.1) is 12.8 Å². The standard InChI is InChI=1S/C13H13F3N2O2/c1-7-2-3-9(5-10(7)13(14,15)16)18-6-8(12(17)20)4-11(18)19/h2-3,5,8H,4,6H2,1H3,(H2,17,20). The second-order valence-electron chi connectivity index (χ2n) is 4.80. The van der Waals surface area contributed by atoms with Crippen molar-refractivity contribution in [3.8, 4) is 0 Å². The maximum Gasteiger partial charge on any atom is 0.416 e. The molecule has 1 aliphatic heterocycles. The molecule has 1 aromatic rings. The number of amides is 2. The van der Waals surface area contributed by atoms with Gasteiger partial charge in [0.2, 0.25) is 11.8 Å². The van der Waals surface area contributed by atoms with Crippen molar-refractivity contribution in [1.82, 2.24) is 0 Å². The van der Waals surface area contributed by atoms with Gasteiger partial charge in [-0.1, -0.05) is 6.07 Å². The molecule has 1 atom stereocenters. The summed E-state index contributed by atoms with van der Waals surface area (Å²) in [5.41, 5.74) is 4.56. The van der Waals surface area contributed by atoms with Gasteiger partial charge in [0.05, 0.1) is 11.5 Å². The van der Waals surface area contributed by atoms with Gasteiger partial charge in [0, 0.05) is 18.7 Å². The third kappa shape index (κ3) is 2.61. The molecule has 0 saturated carbocycles. The summed E-state index contributed by atoms with van der Waals surface area (Å²) in [5, 5.41) is 0. The minimum Gasteiger partial charge on any atom is -0.369 e. The molecule has 0 radical (unpaired) electrons. The van der Waals surface area contributed by atoms with Crippen molar-refractivity contribution in [3.05, 3.63) is 29.3 Å². The largest absolute Gasteiger partial charge is 0.416 e. The lowest BCUT2D eigenvalue weighted by atomic mass is 10.1. The zero-order valence-corrected chi connectivity index (χ0v) is 10.7. The first kappa shape index (κ1) is 14.4. The molecule has 2 N–H and O–H groups in total. The number of benzene rings is 1. The highest BCUT2D eigenvalue weighted by Gasteiger charge is 2.36. The highest BCUT2D eigenvalue weighted by molar-refractivity contribution is 6.00. The van der Waals surface area contributed by atoms with E-state index in [1.165, 1.54) is 24.0 Å². The minimum atomic E-state index is -4.48. The molecule has 1 fully saturated rings. The zero-order chi connectivity index (χ0) is 15.1. The predicted octanol–water partition coefficient (Wildman–Crippen LogP) is 1.85. The molecule has 7 heteroatoms. The highest BCUT2D eigenvalue weighted by atomic mass is 19.4. The zero-order valence-electron chi connectivity index (χ0n) is 10.7. The van der Waals surface area contributed by atoms with E-state index in [0.717, 1.165) is 6.07 Å². The van der Waals surface area contributed by atoms with Crippen molar-refractivity contribution in [3.63, 3.8) is 0 Å². The number of hydrogen-bond acceptors (Lipinski definition) is 2. The average Bonchev–Trinajstić information content (AvgIpc) is 2.71. The Labute approximate surface area is 113 Å². The van der Waals surface area contributed by atoms with Crippen LogP contribution in [0.25, 0.3) is 0 Å². The van der Waals surface area contributed by atoms with Gasteiger partial charge in [-0.25, -0.2) is 0 Å². The molecule has 0 aliphatic carbocycles. The van der Waals surface area contributed by atoms with E-state index >= 15 is 0 Å². The molecule has 20 heavy (non-hydrogen) atoms. The minimum absolute atomic E-state index is 0.0223. The molecule has 1 aliphatic rings. The Morgan fingerprint density at radius 2 is 2.05 bits per heavy atom. The van der Waals surface area contributed by atoms with Gasteiger partial charge in [-0.15, -0.1) is 0 Å². The molecular formula is C13H13F3N2O2. The summed E-state index contributed by atoms with van der Waals surface area (Å²) in [6.07, 6.45) is -4.55. The van der Waals surface area contributed by atoms with Crippen LogP contribution in [-0.4, -0.2) is 18.4 Å². The van der Waals surface area contributed by atoms with E-state index in [9.17, 15) is 22.8 Å². The topological polar surface area (TPSA) is 63.4 Å². The third-order valence-corrected chi connectivity index (χ3v) is 3.37. The maximum atomic E-state index is 12.8. The fourth-order valence-electron chi connectivity index (χ4n) is 2.23. The van der Waals surface area contributed by atoms with E-state index in [2.05, 4.69) is 0 Å². The Morgan fingerprint density at radius 1 is 1.40 bits per heavy atom. The Kier molecular flexibility index (Phi) is 3.45. The van der Waals surface area contributed by atoms with Crippen molar-refractivity contribution in [2.45, 2.75) is 19.5 Å². The summed E-state index contributed by atoms with van der Waals surface area (Å²) < 4.78 is 38.5. The van der Waals surface area contributed by atoms with Crippen LogP contribution in [0.2, 0.25) is 0 Å². The average molecular weight is 286 g/mol. The number of primary amides is 1. The van der Waals surface area contributed by atoms with E-state index < -0.39 is 29.5 Å². The van der Waals surface area contributed by atoms with Gasteiger partial charge in [-0.05, 0) is 24.6 Å². The van der Waals surface area contributed by atoms with E-state index in [0.29, 0.717) is 0 Å². The lowest BCUT2D eigenvalue weighted by Crippen LogP contribution is -2.28. The van der Waals surface area contributed by atoms with E-state index in [1.807, 2.05) is 0 Å². The molecule has 1 saturated heterocycles. The Morgan fingerprint density at radius 3 is 2.55 bits per heavy atom. The fraction of sp³-hybridized carbons (Fsp3) is 0.385. The summed E-state index contributed by atoms with van der Waals surface area (Å²) in [5.74, 6) is -1.67. The molecule has 1 heterocycles. The van der Waals surface area contributed by atoms with Crippen molar-refractivity contribution < 1.29 is 22.8 Å². The van der Waals surface area contributed by atoms with Gasteiger partial charge in [0.1, 0.15) is 0 Å². The van der Waals surface area contributed by atoms with Crippen LogP contribution in [-0.2, 0) is 15.8 Å². The number of aryl methyl sites for hydroxylation is 1. The van der Waals surface area contributed by atoms with E-state index in [1.54, 1.807) is 0 Å². The van der Waals surface area contributed by atoms with Crippen LogP contribution in [0.15, 0.2) is 18.2 Å². The first-order valence-electron chi connectivity index (χ1n) is 5.97. The third-order valence-electron chi connectivity index (χ3n) is 3.37. The maximum absolute atomic E-state index is 12.8. The van der Waals surface area contributed by atoms with Gasteiger partial charge in [0.15, 0.2) is 0 Å². The SMILES string of the molecule is Cc1ccc(N2CC(C(N)=O)CC2=O)cc1C(F)(F)F. The van der Waals surface area contributed by atoms with E-state index in [4.69, 9.17) is 5.73 Å². The van der Waals surface area contributed by atoms with Crippen LogP contribution in [0.1, 0.15) is 17.5 Å². The van der Waals surface area contributed by atoms with Crippen LogP contribution >= 0.6 is 0 Å². The first-order chi connectivity index (χ1) is 9.20. The molecular weight excluding hydrogens is 273 g/mol. The molecule has 0 bridgehead atoms. The number of carbonyl (C=O) groups is 2. The first-order valence-corrected chi connectivity index (χ1v) is 5.97. The summed E-state index contributed by atoms with van der Waals surface area (Å²) >= 11 is 0. The van der Waals surface area contributed by atoms with Crippen molar-refractivity contribution in [2.24, 2.45) is 11.7 Å². The molecule has 0 aromatic heterocycles. The van der Waals surface area contributed by atoms with Crippen LogP contribution < -0.4 is 10.6 Å². The van der Waals surface area contributed by atoms with Crippen molar-refractivity contribution in [2.75, 3.05) is 11.4 Å². The number of hydrogen-bond donors (Lipinski definition) is 1. The molecule has 2 amide bonds. The molecule has 4 nitrogen and oxygen atoms in total. The van der Waals surface area contributed by atoms with Gasteiger partial charge in [0.25, 0.3) is 0 Å². The molecule has 1 aromatic carbocycles. The lowest BCUT2D eigenvalue weighted by Gasteiger charge is -2.19. The number of halogens is 3. The molecule has 1 unspecified atom stereocenters. The Hall–Kier alpha value is -2.05. The smallest absolute Gasteiger partial charge is 0.369 e. The van der Waals surface area contributed by atoms with Crippen LogP contribution in [0.5, 0.6) is 0 Å². The fourth-order valence-corrected chi connectivity index (χ4v) is 2.23. The van der Waals surface area contributed by atoms with Crippen LogP contribution in [0.4, 0.5) is 18.9 Å². The number of carbonyl (C=O) groups excluding carboxylic acids is 2. The summed E-state index contributed by atoms with van der Waals surface area (Å²) in [6.45, 7) is 1.37. The monoisotopic (exact) mass is 286 g/mol. The van der Waals surface area contributed by atoms with Gasteiger partial charge >= 0.3 is 6.18 Å². The number of alkyl halides is 3. The number of rotatable bonds is 2. The van der Waals surface area contributed by atoms with Gasteiger partial charge in [-0.2, -0.15) is 13.2 Å². The lowest BCUT2D eigenvalue weighted by molar-refractivity contribution is -0.138. The quantitative estimate of drug-likeness (QED) is 0.901. The number of nitrogens with two attached hydrogens (primary N) is 1. The molecule has 2 rings (SSSR count). The van der Waals surface area contributed by atoms with Gasteiger partial charge < -0.3 is 10.6 Å². The van der Waals surface area contributed by atoms with Gasteiger partial charge in [-0.3, -0.25) is 9.59 Å². The predicted molar refractivity (Wildman–Crippen MR) is 65.8 cm³/mol. The Bertz CT molecular complexity index is 569.